The van der Waals surface area contributed by atoms with Crippen LogP contribution in [0.3, 0.4) is 0 Å². The van der Waals surface area contributed by atoms with Crippen molar-refractivity contribution in [3.05, 3.63) is 29.3 Å². The number of nitrogens with two attached hydrogens (primary N) is 1. The molecule has 0 aliphatic carbocycles. The average molecular weight is 448 g/mol. The third-order valence-corrected chi connectivity index (χ3v) is 10.2. The van der Waals surface area contributed by atoms with Crippen LogP contribution in [-0.2, 0) is 4.79 Å². The molecular formula is C20H31N3OSn. The van der Waals surface area contributed by atoms with Gasteiger partial charge in [0.25, 0.3) is 0 Å². The van der Waals surface area contributed by atoms with Crippen molar-refractivity contribution >= 4 is 45.5 Å². The molecule has 2 N–H and O–H groups in total. The van der Waals surface area contributed by atoms with Gasteiger partial charge in [-0.3, -0.25) is 0 Å². The van der Waals surface area contributed by atoms with Crippen molar-refractivity contribution in [2.75, 3.05) is 13.1 Å². The van der Waals surface area contributed by atoms with Crippen LogP contribution in [0.4, 0.5) is 5.69 Å². The third kappa shape index (κ3) is 5.09. The molecule has 1 heterocycles. The molecule has 0 aromatic heterocycles. The molecule has 0 unspecified atom stereocenters. The van der Waals surface area contributed by atoms with Gasteiger partial charge in [0, 0.05) is 0 Å². The van der Waals surface area contributed by atoms with E-state index in [4.69, 9.17) is 5.73 Å². The Balaban J connectivity index is 2.41. The Labute approximate surface area is 156 Å². The summed E-state index contributed by atoms with van der Waals surface area (Å²) >= 11 is -2.16. The molecule has 5 heteroatoms. The molecular weight excluding hydrogens is 417 g/mol. The standard InChI is InChI=1S/C17H22N3O.3CH3.Sn/c1-3-9-20(10-4-2)17(21)14-11-13-7-5-6-8-15(13)19-16(18)12-14;;;;/h5,7-8,11H,3-4,9-10,12H2,1-2H3,(H2,18,19);3*1H3;. The molecule has 2 rings (SSSR count). The molecule has 4 nitrogen and oxygen atoms in total. The van der Waals surface area contributed by atoms with Crippen LogP contribution in [0, 0.1) is 0 Å². The minimum atomic E-state index is -2.16. The third-order valence-electron chi connectivity index (χ3n) is 4.41. The van der Waals surface area contributed by atoms with Crippen molar-refractivity contribution in [1.29, 1.82) is 0 Å². The first kappa shape index (κ1) is 20.0. The van der Waals surface area contributed by atoms with Crippen molar-refractivity contribution in [1.82, 2.24) is 4.90 Å². The number of hydrogen-bond donors (Lipinski definition) is 1. The van der Waals surface area contributed by atoms with Gasteiger partial charge in [0.05, 0.1) is 0 Å². The van der Waals surface area contributed by atoms with E-state index in [0.29, 0.717) is 12.3 Å². The minimum absolute atomic E-state index is 0.0915. The zero-order chi connectivity index (χ0) is 18.6. The summed E-state index contributed by atoms with van der Waals surface area (Å²) in [6.07, 6.45) is 4.33. The van der Waals surface area contributed by atoms with E-state index in [1.807, 2.05) is 11.0 Å². The van der Waals surface area contributed by atoms with Crippen molar-refractivity contribution < 1.29 is 4.79 Å². The molecule has 0 saturated carbocycles. The zero-order valence-electron chi connectivity index (χ0n) is 16.2. The number of nitrogens with zero attached hydrogens (tertiary/aromatic N) is 2. The molecule has 136 valence electrons. The van der Waals surface area contributed by atoms with E-state index in [0.717, 1.165) is 42.8 Å². The van der Waals surface area contributed by atoms with Crippen LogP contribution in [0.25, 0.3) is 6.08 Å². The van der Waals surface area contributed by atoms with Gasteiger partial charge in [0.15, 0.2) is 0 Å². The monoisotopic (exact) mass is 449 g/mol. The van der Waals surface area contributed by atoms with Crippen LogP contribution in [0.2, 0.25) is 14.8 Å². The van der Waals surface area contributed by atoms with E-state index in [-0.39, 0.29) is 5.91 Å². The maximum atomic E-state index is 13.0. The summed E-state index contributed by atoms with van der Waals surface area (Å²) in [4.78, 5) is 26.7. The van der Waals surface area contributed by atoms with E-state index < -0.39 is 18.4 Å². The summed E-state index contributed by atoms with van der Waals surface area (Å²) < 4.78 is 1.42. The van der Waals surface area contributed by atoms with Crippen LogP contribution in [0.1, 0.15) is 38.7 Å². The molecule has 0 saturated heterocycles. The Hall–Kier alpha value is -1.30. The summed E-state index contributed by atoms with van der Waals surface area (Å²) in [5.74, 6) is 0.612. The Morgan fingerprint density at radius 3 is 2.40 bits per heavy atom. The van der Waals surface area contributed by atoms with E-state index in [9.17, 15) is 4.79 Å². The number of amides is 1. The number of amidine groups is 1. The molecule has 0 fully saturated rings. The van der Waals surface area contributed by atoms with Gasteiger partial charge in [-0.1, -0.05) is 0 Å². The number of benzene rings is 1. The van der Waals surface area contributed by atoms with Crippen LogP contribution < -0.4 is 9.31 Å². The van der Waals surface area contributed by atoms with Crippen molar-refractivity contribution in [3.63, 3.8) is 0 Å². The predicted octanol–water partition coefficient (Wildman–Crippen LogP) is 3.66. The molecule has 1 amide bonds. The first-order valence-corrected chi connectivity index (χ1v) is 19.2. The van der Waals surface area contributed by atoms with Crippen molar-refractivity contribution in [2.45, 2.75) is 47.9 Å². The number of aliphatic imine (C=N–C) groups is 1. The Kier molecular flexibility index (Phi) is 6.71. The first-order valence-electron chi connectivity index (χ1n) is 9.23. The van der Waals surface area contributed by atoms with E-state index in [1.165, 1.54) is 3.58 Å². The second-order valence-electron chi connectivity index (χ2n) is 7.77. The summed E-state index contributed by atoms with van der Waals surface area (Å²) in [5, 5.41) is 0. The van der Waals surface area contributed by atoms with Crippen molar-refractivity contribution in [2.24, 2.45) is 10.7 Å². The molecule has 0 atom stereocenters. The van der Waals surface area contributed by atoms with E-state index >= 15 is 0 Å². The molecule has 0 bridgehead atoms. The Bertz CT molecular complexity index is 695. The first-order chi connectivity index (χ1) is 11.8. The number of rotatable bonds is 6. The van der Waals surface area contributed by atoms with Gasteiger partial charge in [0.2, 0.25) is 0 Å². The fraction of sp³-hybridized carbons (Fsp3) is 0.500. The van der Waals surface area contributed by atoms with Gasteiger partial charge in [-0.2, -0.15) is 0 Å². The normalized spacial score (nSPS) is 14.3. The molecule has 0 radical (unpaired) electrons. The second-order valence-corrected chi connectivity index (χ2v) is 22.3. The zero-order valence-corrected chi connectivity index (χ0v) is 19.1. The molecule has 1 aliphatic rings. The van der Waals surface area contributed by atoms with E-state index in [1.54, 1.807) is 0 Å². The topological polar surface area (TPSA) is 58.7 Å². The van der Waals surface area contributed by atoms with Crippen LogP contribution in [0.15, 0.2) is 28.8 Å². The Morgan fingerprint density at radius 2 is 1.84 bits per heavy atom. The summed E-state index contributed by atoms with van der Waals surface area (Å²) in [6.45, 7) is 5.77. The van der Waals surface area contributed by atoms with Gasteiger partial charge in [-0.05, 0) is 0 Å². The van der Waals surface area contributed by atoms with Gasteiger partial charge < -0.3 is 0 Å². The molecule has 25 heavy (non-hydrogen) atoms. The van der Waals surface area contributed by atoms with Gasteiger partial charge in [-0.15, -0.1) is 0 Å². The van der Waals surface area contributed by atoms with Crippen LogP contribution in [0.5, 0.6) is 0 Å². The number of hydrogen-bond acceptors (Lipinski definition) is 3. The molecule has 1 aromatic carbocycles. The number of carbonyl (C=O) groups excluding carboxylic acids is 1. The van der Waals surface area contributed by atoms with Gasteiger partial charge in [-0.25, -0.2) is 0 Å². The summed E-state index contributed by atoms with van der Waals surface area (Å²) in [6, 6.07) is 6.49. The molecule has 1 aliphatic heterocycles. The molecule has 0 spiro atoms. The number of fused-ring (bicyclic) bond motifs is 1. The SMILES string of the molecule is CCCN(CCC)C(=O)C1=Cc2cc[c]([Sn]([CH3])([CH3])[CH3])cc2N=C(N)C1. The van der Waals surface area contributed by atoms with Gasteiger partial charge in [0.1, 0.15) is 0 Å². The van der Waals surface area contributed by atoms with Crippen molar-refractivity contribution in [3.8, 4) is 0 Å². The predicted molar refractivity (Wildman–Crippen MR) is 110 cm³/mol. The molecule has 1 aromatic rings. The Morgan fingerprint density at radius 1 is 1.20 bits per heavy atom. The second kappa shape index (κ2) is 8.39. The quantitative estimate of drug-likeness (QED) is 0.676. The summed E-state index contributed by atoms with van der Waals surface area (Å²) in [5.41, 5.74) is 8.79. The maximum absolute atomic E-state index is 13.0. The number of carbonyl (C=O) groups is 1. The fourth-order valence-electron chi connectivity index (χ4n) is 3.05. The summed E-state index contributed by atoms with van der Waals surface area (Å²) in [7, 11) is 0. The average Bonchev–Trinajstić information content (AvgIpc) is 2.70. The van der Waals surface area contributed by atoms with Crippen LogP contribution in [-0.4, -0.2) is 48.1 Å². The van der Waals surface area contributed by atoms with E-state index in [2.05, 4.69) is 51.9 Å². The fourth-order valence-corrected chi connectivity index (χ4v) is 6.34. The van der Waals surface area contributed by atoms with Crippen LogP contribution >= 0.6 is 0 Å². The van der Waals surface area contributed by atoms with Gasteiger partial charge >= 0.3 is 156 Å².